The van der Waals surface area contributed by atoms with Crippen LogP contribution in [0.1, 0.15) is 5.56 Å². The minimum Gasteiger partial charge on any atom is -0.279 e. The second kappa shape index (κ2) is 6.12. The van der Waals surface area contributed by atoms with Crippen LogP contribution in [0.15, 0.2) is 39.7 Å². The number of benzene rings is 2. The quantitative estimate of drug-likeness (QED) is 0.770. The Morgan fingerprint density at radius 1 is 1.14 bits per heavy atom. The van der Waals surface area contributed by atoms with Gasteiger partial charge < -0.3 is 0 Å². The van der Waals surface area contributed by atoms with E-state index in [9.17, 15) is 12.8 Å². The van der Waals surface area contributed by atoms with E-state index >= 15 is 0 Å². The standard InChI is InChI=1S/C13H9BrCl2FNO2S/c1-7-4-9(17)2-3-12(7)18-21(19,20)13-10(15)5-8(14)6-11(13)16/h2-6,18H,1H3. The normalized spacial score (nSPS) is 11.5. The molecule has 112 valence electrons. The highest BCUT2D eigenvalue weighted by Crippen LogP contribution is 2.34. The van der Waals surface area contributed by atoms with Crippen molar-refractivity contribution in [3.63, 3.8) is 0 Å². The largest absolute Gasteiger partial charge is 0.279 e. The van der Waals surface area contributed by atoms with Gasteiger partial charge in [-0.1, -0.05) is 39.1 Å². The molecule has 0 saturated carbocycles. The predicted octanol–water partition coefficient (Wildman–Crippen LogP) is 5.00. The van der Waals surface area contributed by atoms with Crippen LogP contribution >= 0.6 is 39.1 Å². The van der Waals surface area contributed by atoms with Gasteiger partial charge in [0.2, 0.25) is 0 Å². The van der Waals surface area contributed by atoms with Crippen LogP contribution in [0.25, 0.3) is 0 Å². The first kappa shape index (κ1) is 16.5. The molecular weight excluding hydrogens is 404 g/mol. The van der Waals surface area contributed by atoms with Crippen molar-refractivity contribution in [2.24, 2.45) is 0 Å². The number of hydrogen-bond donors (Lipinski definition) is 1. The zero-order valence-electron chi connectivity index (χ0n) is 10.6. The van der Waals surface area contributed by atoms with E-state index in [0.29, 0.717) is 10.0 Å². The van der Waals surface area contributed by atoms with Crippen LogP contribution < -0.4 is 4.72 Å². The molecule has 0 aliphatic carbocycles. The lowest BCUT2D eigenvalue weighted by Crippen LogP contribution is -2.15. The first-order valence-electron chi connectivity index (χ1n) is 5.64. The highest BCUT2D eigenvalue weighted by atomic mass is 79.9. The van der Waals surface area contributed by atoms with E-state index < -0.39 is 15.8 Å². The van der Waals surface area contributed by atoms with E-state index in [1.807, 2.05) is 0 Å². The molecule has 1 N–H and O–H groups in total. The molecule has 0 amide bonds. The van der Waals surface area contributed by atoms with Crippen LogP contribution in [-0.2, 0) is 10.0 Å². The van der Waals surface area contributed by atoms with Crippen molar-refractivity contribution in [2.45, 2.75) is 11.8 Å². The number of aryl methyl sites for hydroxylation is 1. The Kier molecular flexibility index (Phi) is 4.82. The molecule has 3 nitrogen and oxygen atoms in total. The Bertz CT molecular complexity index is 789. The van der Waals surface area contributed by atoms with E-state index in [4.69, 9.17) is 23.2 Å². The van der Waals surface area contributed by atoms with Gasteiger partial charge in [0, 0.05) is 4.47 Å². The zero-order valence-corrected chi connectivity index (χ0v) is 14.5. The highest BCUT2D eigenvalue weighted by Gasteiger charge is 2.23. The number of nitrogens with one attached hydrogen (secondary N) is 1. The maximum Gasteiger partial charge on any atom is 0.264 e. The average molecular weight is 413 g/mol. The number of sulfonamides is 1. The summed E-state index contributed by atoms with van der Waals surface area (Å²) in [7, 11) is -3.98. The molecule has 0 unspecified atom stereocenters. The predicted molar refractivity (Wildman–Crippen MR) is 86.1 cm³/mol. The summed E-state index contributed by atoms with van der Waals surface area (Å²) in [6.07, 6.45) is 0. The smallest absolute Gasteiger partial charge is 0.264 e. The van der Waals surface area contributed by atoms with Gasteiger partial charge in [-0.15, -0.1) is 0 Å². The lowest BCUT2D eigenvalue weighted by Gasteiger charge is -2.13. The van der Waals surface area contributed by atoms with Crippen molar-refractivity contribution in [1.29, 1.82) is 0 Å². The van der Waals surface area contributed by atoms with E-state index in [2.05, 4.69) is 20.7 Å². The summed E-state index contributed by atoms with van der Waals surface area (Å²) in [4.78, 5) is -0.224. The van der Waals surface area contributed by atoms with Crippen molar-refractivity contribution in [3.8, 4) is 0 Å². The van der Waals surface area contributed by atoms with Gasteiger partial charge in [0.1, 0.15) is 10.7 Å². The summed E-state index contributed by atoms with van der Waals surface area (Å²) < 4.78 is 40.8. The fraction of sp³-hybridized carbons (Fsp3) is 0.0769. The maximum atomic E-state index is 13.1. The van der Waals surface area contributed by atoms with Crippen LogP contribution in [0.3, 0.4) is 0 Å². The van der Waals surface area contributed by atoms with E-state index in [1.54, 1.807) is 6.92 Å². The molecule has 21 heavy (non-hydrogen) atoms. The van der Waals surface area contributed by atoms with E-state index in [1.165, 1.54) is 24.3 Å². The molecule has 0 aliphatic rings. The fourth-order valence-electron chi connectivity index (χ4n) is 1.72. The third-order valence-corrected chi connectivity index (χ3v) is 5.41. The van der Waals surface area contributed by atoms with Crippen LogP contribution in [0.2, 0.25) is 10.0 Å². The molecule has 0 radical (unpaired) electrons. The molecule has 2 aromatic rings. The third kappa shape index (κ3) is 3.69. The molecule has 8 heteroatoms. The molecule has 0 bridgehead atoms. The SMILES string of the molecule is Cc1cc(F)ccc1NS(=O)(=O)c1c(Cl)cc(Br)cc1Cl. The van der Waals surface area contributed by atoms with Crippen LogP contribution in [0.4, 0.5) is 10.1 Å². The Morgan fingerprint density at radius 2 is 1.71 bits per heavy atom. The monoisotopic (exact) mass is 411 g/mol. The Balaban J connectivity index is 2.48. The summed E-state index contributed by atoms with van der Waals surface area (Å²) >= 11 is 15.1. The van der Waals surface area contributed by atoms with Crippen molar-refractivity contribution in [1.82, 2.24) is 0 Å². The molecule has 0 saturated heterocycles. The molecular formula is C13H9BrCl2FNO2S. The molecule has 0 aliphatic heterocycles. The van der Waals surface area contributed by atoms with Crippen molar-refractivity contribution >= 4 is 54.8 Å². The minimum atomic E-state index is -3.98. The van der Waals surface area contributed by atoms with Gasteiger partial charge in [0.25, 0.3) is 10.0 Å². The number of hydrogen-bond acceptors (Lipinski definition) is 2. The first-order chi connectivity index (χ1) is 9.70. The van der Waals surface area contributed by atoms with Gasteiger partial charge in [-0.2, -0.15) is 0 Å². The molecule has 2 rings (SSSR count). The summed E-state index contributed by atoms with van der Waals surface area (Å²) in [5.74, 6) is -0.449. The molecule has 0 spiro atoms. The van der Waals surface area contributed by atoms with Crippen molar-refractivity contribution in [2.75, 3.05) is 4.72 Å². The summed E-state index contributed by atoms with van der Waals surface area (Å²) in [6.45, 7) is 1.59. The topological polar surface area (TPSA) is 46.2 Å². The van der Waals surface area contributed by atoms with Crippen LogP contribution in [-0.4, -0.2) is 8.42 Å². The minimum absolute atomic E-state index is 0.0124. The van der Waals surface area contributed by atoms with Gasteiger partial charge in [-0.05, 0) is 42.8 Å². The van der Waals surface area contributed by atoms with Crippen LogP contribution in [0, 0.1) is 12.7 Å². The molecule has 2 aromatic carbocycles. The average Bonchev–Trinajstić information content (AvgIpc) is 2.30. The molecule has 0 atom stereocenters. The zero-order chi connectivity index (χ0) is 15.8. The number of rotatable bonds is 3. The molecule has 0 aromatic heterocycles. The lowest BCUT2D eigenvalue weighted by molar-refractivity contribution is 0.601. The maximum absolute atomic E-state index is 13.1. The summed E-state index contributed by atoms with van der Waals surface area (Å²) in [5, 5.41) is -0.0247. The second-order valence-corrected chi connectivity index (χ2v) is 7.61. The Hall–Kier alpha value is -0.820. The second-order valence-electron chi connectivity index (χ2n) is 4.26. The van der Waals surface area contributed by atoms with E-state index in [-0.39, 0.29) is 20.6 Å². The summed E-state index contributed by atoms with van der Waals surface area (Å²) in [5.41, 5.74) is 0.703. The van der Waals surface area contributed by atoms with Crippen LogP contribution in [0.5, 0.6) is 0 Å². The fourth-order valence-corrected chi connectivity index (χ4v) is 4.79. The molecule has 0 fully saturated rings. The van der Waals surface area contributed by atoms with E-state index in [0.717, 1.165) is 6.07 Å². The molecule has 0 heterocycles. The third-order valence-electron chi connectivity index (χ3n) is 2.66. The van der Waals surface area contributed by atoms with Gasteiger partial charge in [0.05, 0.1) is 15.7 Å². The Labute approximate surface area is 140 Å². The van der Waals surface area contributed by atoms with Gasteiger partial charge in [-0.25, -0.2) is 12.8 Å². The highest BCUT2D eigenvalue weighted by molar-refractivity contribution is 9.10. The lowest BCUT2D eigenvalue weighted by atomic mass is 10.2. The van der Waals surface area contributed by atoms with Gasteiger partial charge >= 0.3 is 0 Å². The summed E-state index contributed by atoms with van der Waals surface area (Å²) in [6, 6.07) is 6.58. The number of halogens is 4. The van der Waals surface area contributed by atoms with Gasteiger partial charge in [0.15, 0.2) is 0 Å². The van der Waals surface area contributed by atoms with Crippen molar-refractivity contribution in [3.05, 3.63) is 56.2 Å². The van der Waals surface area contributed by atoms with Crippen molar-refractivity contribution < 1.29 is 12.8 Å². The Morgan fingerprint density at radius 3 is 2.24 bits per heavy atom. The number of anilines is 1. The van der Waals surface area contributed by atoms with Gasteiger partial charge in [-0.3, -0.25) is 4.72 Å². The first-order valence-corrected chi connectivity index (χ1v) is 8.67.